The Balaban J connectivity index is 1.54. The lowest BCUT2D eigenvalue weighted by atomic mass is 9.98. The molecule has 3 rings (SSSR count). The van der Waals surface area contributed by atoms with E-state index >= 15 is 0 Å². The Kier molecular flexibility index (Phi) is 3.34. The van der Waals surface area contributed by atoms with Crippen LogP contribution in [0.5, 0.6) is 0 Å². The van der Waals surface area contributed by atoms with Crippen molar-refractivity contribution >= 4 is 13.7 Å². The molecule has 2 saturated heterocycles. The van der Waals surface area contributed by atoms with Gasteiger partial charge in [-0.15, -0.1) is 0 Å². The van der Waals surface area contributed by atoms with E-state index in [9.17, 15) is 9.36 Å². The number of hydrogen-bond donors (Lipinski definition) is 1. The van der Waals surface area contributed by atoms with Gasteiger partial charge in [0.1, 0.15) is 6.10 Å². The van der Waals surface area contributed by atoms with E-state index in [1.807, 2.05) is 9.34 Å². The Bertz CT molecular complexity index is 360. The summed E-state index contributed by atoms with van der Waals surface area (Å²) >= 11 is 0. The molecule has 3 aliphatic rings. The molecule has 1 aliphatic carbocycles. The lowest BCUT2D eigenvalue weighted by Gasteiger charge is -2.25. The van der Waals surface area contributed by atoms with Crippen molar-refractivity contribution < 1.29 is 14.1 Å². The van der Waals surface area contributed by atoms with Crippen LogP contribution in [0, 0.1) is 0 Å². The Hall–Kier alpha value is -0.580. The fraction of sp³-hybridized carbons (Fsp3) is 0.909. The van der Waals surface area contributed by atoms with Gasteiger partial charge in [0.05, 0.1) is 0 Å². The molecule has 7 heteroatoms. The number of nitrogens with one attached hydrogen (secondary N) is 1. The van der Waals surface area contributed by atoms with Crippen LogP contribution in [0.2, 0.25) is 0 Å². The molecule has 2 aliphatic heterocycles. The second-order valence-electron chi connectivity index (χ2n) is 5.23. The molecule has 6 nitrogen and oxygen atoms in total. The minimum Gasteiger partial charge on any atom is -0.446 e. The molecule has 0 unspecified atom stereocenters. The Morgan fingerprint density at radius 2 is 1.61 bits per heavy atom. The smallest absolute Gasteiger partial charge is 0.414 e. The first-order valence-electron chi connectivity index (χ1n) is 6.78. The van der Waals surface area contributed by atoms with Gasteiger partial charge < -0.3 is 4.74 Å². The highest BCUT2D eigenvalue weighted by atomic mass is 31.2. The van der Waals surface area contributed by atoms with Crippen molar-refractivity contribution in [3.8, 4) is 0 Å². The van der Waals surface area contributed by atoms with Crippen LogP contribution >= 0.6 is 7.59 Å². The molecule has 2 heterocycles. The fourth-order valence-electron chi connectivity index (χ4n) is 2.43. The predicted octanol–water partition coefficient (Wildman–Crippen LogP) is 1.78. The zero-order valence-corrected chi connectivity index (χ0v) is 11.4. The van der Waals surface area contributed by atoms with Crippen LogP contribution in [0.4, 0.5) is 4.79 Å². The molecule has 1 amide bonds. The molecule has 3 fully saturated rings. The van der Waals surface area contributed by atoms with Crippen LogP contribution in [0.1, 0.15) is 32.1 Å². The van der Waals surface area contributed by atoms with E-state index in [2.05, 4.69) is 5.09 Å². The van der Waals surface area contributed by atoms with Crippen LogP contribution in [0.3, 0.4) is 0 Å². The number of carbonyl (C=O) groups is 1. The van der Waals surface area contributed by atoms with E-state index in [1.54, 1.807) is 0 Å². The monoisotopic (exact) mass is 273 g/mol. The van der Waals surface area contributed by atoms with Crippen LogP contribution < -0.4 is 5.09 Å². The second-order valence-corrected chi connectivity index (χ2v) is 7.67. The third-order valence-electron chi connectivity index (χ3n) is 3.68. The predicted molar refractivity (Wildman–Crippen MR) is 67.2 cm³/mol. The van der Waals surface area contributed by atoms with Crippen molar-refractivity contribution in [2.24, 2.45) is 0 Å². The number of rotatable bonds is 4. The van der Waals surface area contributed by atoms with Gasteiger partial charge in [-0.1, -0.05) is 6.42 Å². The summed E-state index contributed by atoms with van der Waals surface area (Å²) in [5, 5.41) is 2.61. The van der Waals surface area contributed by atoms with Crippen molar-refractivity contribution in [1.29, 1.82) is 0 Å². The topological polar surface area (TPSA) is 61.4 Å². The van der Waals surface area contributed by atoms with Gasteiger partial charge in [-0.2, -0.15) is 0 Å². The van der Waals surface area contributed by atoms with Crippen LogP contribution in [-0.4, -0.2) is 47.7 Å². The zero-order chi connectivity index (χ0) is 12.6. The van der Waals surface area contributed by atoms with E-state index in [1.165, 1.54) is 6.42 Å². The van der Waals surface area contributed by atoms with E-state index in [-0.39, 0.29) is 6.10 Å². The molecule has 0 aromatic carbocycles. The van der Waals surface area contributed by atoms with Gasteiger partial charge in [0, 0.05) is 26.2 Å². The first-order chi connectivity index (χ1) is 8.68. The zero-order valence-electron chi connectivity index (χ0n) is 10.5. The van der Waals surface area contributed by atoms with Crippen molar-refractivity contribution in [3.63, 3.8) is 0 Å². The van der Waals surface area contributed by atoms with Crippen molar-refractivity contribution in [3.05, 3.63) is 0 Å². The summed E-state index contributed by atoms with van der Waals surface area (Å²) in [6.07, 6.45) is 4.83. The summed E-state index contributed by atoms with van der Waals surface area (Å²) < 4.78 is 21.6. The van der Waals surface area contributed by atoms with Gasteiger partial charge in [0.2, 0.25) is 0 Å². The molecule has 0 radical (unpaired) electrons. The van der Waals surface area contributed by atoms with E-state index in [0.717, 1.165) is 51.9 Å². The molecule has 0 bridgehead atoms. The van der Waals surface area contributed by atoms with Crippen LogP contribution in [0.15, 0.2) is 0 Å². The van der Waals surface area contributed by atoms with E-state index in [0.29, 0.717) is 0 Å². The Labute approximate surface area is 107 Å². The van der Waals surface area contributed by atoms with Crippen LogP contribution in [0.25, 0.3) is 0 Å². The molecule has 0 spiro atoms. The lowest BCUT2D eigenvalue weighted by molar-refractivity contribution is 0.0792. The van der Waals surface area contributed by atoms with E-state index < -0.39 is 13.7 Å². The number of nitrogens with zero attached hydrogens (tertiary/aromatic N) is 2. The summed E-state index contributed by atoms with van der Waals surface area (Å²) in [6, 6.07) is 0. The Morgan fingerprint density at radius 1 is 1.06 bits per heavy atom. The first-order valence-corrected chi connectivity index (χ1v) is 8.39. The molecule has 0 atom stereocenters. The summed E-state index contributed by atoms with van der Waals surface area (Å²) in [4.78, 5) is 11.8. The average molecular weight is 273 g/mol. The minimum atomic E-state index is -2.82. The molecular formula is C11H20N3O3P. The van der Waals surface area contributed by atoms with Crippen LogP contribution in [-0.2, 0) is 9.30 Å². The maximum absolute atomic E-state index is 12.6. The summed E-state index contributed by atoms with van der Waals surface area (Å²) in [5.74, 6) is 0. The number of amides is 1. The highest BCUT2D eigenvalue weighted by Crippen LogP contribution is 2.56. The summed E-state index contributed by atoms with van der Waals surface area (Å²) in [6.45, 7) is 3.21. The number of hydrogen-bond acceptors (Lipinski definition) is 3. The summed E-state index contributed by atoms with van der Waals surface area (Å²) in [7, 11) is -2.82. The van der Waals surface area contributed by atoms with Gasteiger partial charge in [-0.25, -0.2) is 19.2 Å². The average Bonchev–Trinajstić information content (AvgIpc) is 3.18. The highest BCUT2D eigenvalue weighted by Gasteiger charge is 2.49. The van der Waals surface area contributed by atoms with Gasteiger partial charge in [0.25, 0.3) is 0 Å². The number of ether oxygens (including phenoxy) is 1. The molecular weight excluding hydrogens is 253 g/mol. The van der Waals surface area contributed by atoms with Gasteiger partial charge in [-0.3, -0.25) is 4.57 Å². The molecule has 0 aromatic rings. The van der Waals surface area contributed by atoms with Crippen molar-refractivity contribution in [2.75, 3.05) is 26.2 Å². The molecule has 0 aromatic heterocycles. The third kappa shape index (κ3) is 2.71. The third-order valence-corrected chi connectivity index (χ3v) is 6.48. The maximum atomic E-state index is 12.6. The van der Waals surface area contributed by atoms with Gasteiger partial charge in [0.15, 0.2) is 0 Å². The first kappa shape index (κ1) is 12.5. The normalized spacial score (nSPS) is 25.8. The quantitative estimate of drug-likeness (QED) is 0.625. The fourth-order valence-corrected chi connectivity index (χ4v) is 4.63. The summed E-state index contributed by atoms with van der Waals surface area (Å²) in [5.41, 5.74) is 0. The second kappa shape index (κ2) is 4.83. The molecule has 18 heavy (non-hydrogen) atoms. The Morgan fingerprint density at radius 3 is 2.11 bits per heavy atom. The SMILES string of the molecule is O=C(NP(=O)(N1CC1)N1CC1)OC1CCCCC1. The molecule has 102 valence electrons. The maximum Gasteiger partial charge on any atom is 0.414 e. The molecule has 1 N–H and O–H groups in total. The highest BCUT2D eigenvalue weighted by molar-refractivity contribution is 7.58. The van der Waals surface area contributed by atoms with Gasteiger partial charge in [-0.05, 0) is 25.7 Å². The molecule has 1 saturated carbocycles. The number of carbonyl (C=O) groups excluding carboxylic acids is 1. The minimum absolute atomic E-state index is 0.00982. The van der Waals surface area contributed by atoms with Crippen molar-refractivity contribution in [2.45, 2.75) is 38.2 Å². The lowest BCUT2D eigenvalue weighted by Crippen LogP contribution is -2.31. The largest absolute Gasteiger partial charge is 0.446 e. The van der Waals surface area contributed by atoms with Gasteiger partial charge >= 0.3 is 13.7 Å². The van der Waals surface area contributed by atoms with E-state index in [4.69, 9.17) is 4.74 Å². The standard InChI is InChI=1S/C11H20N3O3P/c15-11(17-10-4-2-1-3-5-10)12-18(16,13-6-7-13)14-8-9-14/h10H,1-9H2,(H,12,15,16). The van der Waals surface area contributed by atoms with Crippen molar-refractivity contribution in [1.82, 2.24) is 14.4 Å².